The van der Waals surface area contributed by atoms with Crippen LogP contribution in [0.5, 0.6) is 0 Å². The standard InChI is InChI=1S/C14H27N3O/c1-14(2)5-7-17(8-6-14)12(10-15)9-13(18)16-11-3-4-11/h11-12H,3-10,15H2,1-2H3,(H,16,18). The van der Waals surface area contributed by atoms with Gasteiger partial charge in [0, 0.05) is 25.0 Å². The van der Waals surface area contributed by atoms with E-state index in [4.69, 9.17) is 5.73 Å². The van der Waals surface area contributed by atoms with E-state index in [-0.39, 0.29) is 11.9 Å². The van der Waals surface area contributed by atoms with E-state index < -0.39 is 0 Å². The lowest BCUT2D eigenvalue weighted by atomic mass is 9.82. The summed E-state index contributed by atoms with van der Waals surface area (Å²) < 4.78 is 0. The highest BCUT2D eigenvalue weighted by molar-refractivity contribution is 5.77. The van der Waals surface area contributed by atoms with Crippen LogP contribution < -0.4 is 11.1 Å². The molecule has 1 aliphatic heterocycles. The van der Waals surface area contributed by atoms with Crippen molar-refractivity contribution in [2.75, 3.05) is 19.6 Å². The van der Waals surface area contributed by atoms with Gasteiger partial charge in [-0.2, -0.15) is 0 Å². The molecule has 1 heterocycles. The number of nitrogens with one attached hydrogen (secondary N) is 1. The fourth-order valence-corrected chi connectivity index (χ4v) is 2.58. The van der Waals surface area contributed by atoms with Gasteiger partial charge in [0.05, 0.1) is 0 Å². The summed E-state index contributed by atoms with van der Waals surface area (Å²) in [5.41, 5.74) is 6.29. The molecule has 1 aliphatic carbocycles. The summed E-state index contributed by atoms with van der Waals surface area (Å²) in [6, 6.07) is 0.677. The molecule has 0 radical (unpaired) electrons. The Kier molecular flexibility index (Phi) is 4.28. The SMILES string of the molecule is CC1(C)CCN(C(CN)CC(=O)NC2CC2)CC1. The Balaban J connectivity index is 1.78. The number of likely N-dealkylation sites (tertiary alicyclic amines) is 1. The van der Waals surface area contributed by atoms with Crippen molar-refractivity contribution in [2.24, 2.45) is 11.1 Å². The van der Waals surface area contributed by atoms with Gasteiger partial charge >= 0.3 is 0 Å². The van der Waals surface area contributed by atoms with Gasteiger partial charge in [0.15, 0.2) is 0 Å². The maximum absolute atomic E-state index is 11.8. The van der Waals surface area contributed by atoms with Crippen LogP contribution in [0.25, 0.3) is 0 Å². The Morgan fingerprint density at radius 1 is 1.39 bits per heavy atom. The van der Waals surface area contributed by atoms with Crippen molar-refractivity contribution in [1.29, 1.82) is 0 Å². The lowest BCUT2D eigenvalue weighted by Crippen LogP contribution is -2.48. The van der Waals surface area contributed by atoms with E-state index in [1.807, 2.05) is 0 Å². The second-order valence-electron chi connectivity index (χ2n) is 6.64. The second kappa shape index (κ2) is 5.57. The van der Waals surface area contributed by atoms with Crippen LogP contribution in [0.3, 0.4) is 0 Å². The number of hydrogen-bond donors (Lipinski definition) is 2. The summed E-state index contributed by atoms with van der Waals surface area (Å²) in [6.07, 6.45) is 5.27. The lowest BCUT2D eigenvalue weighted by Gasteiger charge is -2.40. The molecule has 1 amide bonds. The molecule has 4 heteroatoms. The average Bonchev–Trinajstić information content (AvgIpc) is 3.10. The zero-order valence-electron chi connectivity index (χ0n) is 11.7. The minimum absolute atomic E-state index is 0.179. The first-order chi connectivity index (χ1) is 8.50. The molecule has 104 valence electrons. The largest absolute Gasteiger partial charge is 0.353 e. The summed E-state index contributed by atoms with van der Waals surface area (Å²) >= 11 is 0. The molecule has 3 N–H and O–H groups in total. The van der Waals surface area contributed by atoms with E-state index in [2.05, 4.69) is 24.1 Å². The predicted octanol–water partition coefficient (Wildman–Crippen LogP) is 1.10. The average molecular weight is 253 g/mol. The number of carbonyl (C=O) groups excluding carboxylic acids is 1. The van der Waals surface area contributed by atoms with Crippen molar-refractivity contribution in [1.82, 2.24) is 10.2 Å². The van der Waals surface area contributed by atoms with Gasteiger partial charge < -0.3 is 11.1 Å². The molecule has 1 saturated carbocycles. The van der Waals surface area contributed by atoms with E-state index in [1.165, 1.54) is 12.8 Å². The molecule has 4 nitrogen and oxygen atoms in total. The van der Waals surface area contributed by atoms with Gasteiger partial charge in [0.25, 0.3) is 0 Å². The minimum Gasteiger partial charge on any atom is -0.353 e. The predicted molar refractivity (Wildman–Crippen MR) is 73.2 cm³/mol. The third kappa shape index (κ3) is 3.95. The molecule has 0 spiro atoms. The van der Waals surface area contributed by atoms with Gasteiger partial charge in [-0.1, -0.05) is 13.8 Å². The van der Waals surface area contributed by atoms with Gasteiger partial charge in [0.2, 0.25) is 5.91 Å². The molecule has 1 atom stereocenters. The van der Waals surface area contributed by atoms with E-state index in [0.717, 1.165) is 25.9 Å². The number of nitrogens with two attached hydrogens (primary N) is 1. The first-order valence-electron chi connectivity index (χ1n) is 7.24. The Morgan fingerprint density at radius 2 is 2.00 bits per heavy atom. The molecule has 1 unspecified atom stereocenters. The maximum Gasteiger partial charge on any atom is 0.221 e. The van der Waals surface area contributed by atoms with Crippen molar-refractivity contribution in [3.8, 4) is 0 Å². The topological polar surface area (TPSA) is 58.4 Å². The second-order valence-corrected chi connectivity index (χ2v) is 6.64. The van der Waals surface area contributed by atoms with E-state index in [0.29, 0.717) is 24.4 Å². The Labute approximate surface area is 110 Å². The Bertz CT molecular complexity index is 289. The third-order valence-corrected chi connectivity index (χ3v) is 4.30. The van der Waals surface area contributed by atoms with Crippen molar-refractivity contribution in [3.63, 3.8) is 0 Å². The number of rotatable bonds is 5. The monoisotopic (exact) mass is 253 g/mol. The molecule has 0 bridgehead atoms. The minimum atomic E-state index is 0.179. The first-order valence-corrected chi connectivity index (χ1v) is 7.24. The van der Waals surface area contributed by atoms with E-state index >= 15 is 0 Å². The molecule has 0 aromatic heterocycles. The highest BCUT2D eigenvalue weighted by Gasteiger charge is 2.30. The molecule has 2 rings (SSSR count). The number of piperidine rings is 1. The van der Waals surface area contributed by atoms with Crippen LogP contribution in [0.15, 0.2) is 0 Å². The van der Waals surface area contributed by atoms with E-state index in [9.17, 15) is 4.79 Å². The van der Waals surface area contributed by atoms with E-state index in [1.54, 1.807) is 0 Å². The molecular formula is C14H27N3O. The number of hydrogen-bond acceptors (Lipinski definition) is 3. The molecule has 0 aromatic carbocycles. The smallest absolute Gasteiger partial charge is 0.221 e. The zero-order valence-corrected chi connectivity index (χ0v) is 11.7. The maximum atomic E-state index is 11.8. The van der Waals surface area contributed by atoms with Crippen molar-refractivity contribution in [3.05, 3.63) is 0 Å². The summed E-state index contributed by atoms with van der Waals surface area (Å²) in [7, 11) is 0. The Hall–Kier alpha value is -0.610. The molecule has 18 heavy (non-hydrogen) atoms. The summed E-state index contributed by atoms with van der Waals surface area (Å²) in [5, 5.41) is 3.05. The molecule has 0 aromatic rings. The molecule has 1 saturated heterocycles. The highest BCUT2D eigenvalue weighted by atomic mass is 16.1. The van der Waals surface area contributed by atoms with Crippen molar-refractivity contribution < 1.29 is 4.79 Å². The zero-order chi connectivity index (χ0) is 13.2. The van der Waals surface area contributed by atoms with Crippen LogP contribution in [0, 0.1) is 5.41 Å². The normalized spacial score (nSPS) is 25.7. The fourth-order valence-electron chi connectivity index (χ4n) is 2.58. The number of carbonyl (C=O) groups is 1. The van der Waals surface area contributed by atoms with Gasteiger partial charge in [-0.3, -0.25) is 9.69 Å². The van der Waals surface area contributed by atoms with Crippen LogP contribution in [-0.4, -0.2) is 42.5 Å². The highest BCUT2D eigenvalue weighted by Crippen LogP contribution is 2.30. The van der Waals surface area contributed by atoms with Crippen molar-refractivity contribution in [2.45, 2.75) is 58.0 Å². The van der Waals surface area contributed by atoms with Crippen LogP contribution in [0.2, 0.25) is 0 Å². The van der Waals surface area contributed by atoms with Crippen LogP contribution in [-0.2, 0) is 4.79 Å². The molecule has 2 aliphatic rings. The van der Waals surface area contributed by atoms with Crippen molar-refractivity contribution >= 4 is 5.91 Å². The first kappa shape index (κ1) is 13.8. The third-order valence-electron chi connectivity index (χ3n) is 4.30. The van der Waals surface area contributed by atoms with Crippen LogP contribution >= 0.6 is 0 Å². The van der Waals surface area contributed by atoms with Gasteiger partial charge in [-0.05, 0) is 44.2 Å². The molecule has 2 fully saturated rings. The summed E-state index contributed by atoms with van der Waals surface area (Å²) in [4.78, 5) is 14.2. The number of amides is 1. The van der Waals surface area contributed by atoms with Gasteiger partial charge in [-0.25, -0.2) is 0 Å². The summed E-state index contributed by atoms with van der Waals surface area (Å²) in [5.74, 6) is 0.179. The number of nitrogens with zero attached hydrogens (tertiary/aromatic N) is 1. The van der Waals surface area contributed by atoms with Gasteiger partial charge in [-0.15, -0.1) is 0 Å². The van der Waals surface area contributed by atoms with Crippen LogP contribution in [0.4, 0.5) is 0 Å². The quantitative estimate of drug-likeness (QED) is 0.771. The summed E-state index contributed by atoms with van der Waals surface area (Å²) in [6.45, 7) is 7.37. The Morgan fingerprint density at radius 3 is 2.50 bits per heavy atom. The lowest BCUT2D eigenvalue weighted by molar-refractivity contribution is -0.122. The van der Waals surface area contributed by atoms with Gasteiger partial charge in [0.1, 0.15) is 0 Å². The fraction of sp³-hybridized carbons (Fsp3) is 0.929. The molecular weight excluding hydrogens is 226 g/mol. The van der Waals surface area contributed by atoms with Crippen LogP contribution in [0.1, 0.15) is 46.0 Å².